The van der Waals surface area contributed by atoms with Gasteiger partial charge in [0.25, 0.3) is 0 Å². The summed E-state index contributed by atoms with van der Waals surface area (Å²) in [5.74, 6) is 0. The molecule has 0 aromatic heterocycles. The Morgan fingerprint density at radius 3 is 2.69 bits per heavy atom. The van der Waals surface area contributed by atoms with Gasteiger partial charge in [-0.05, 0) is 29.7 Å². The van der Waals surface area contributed by atoms with Crippen molar-refractivity contribution in [3.05, 3.63) is 35.9 Å². The summed E-state index contributed by atoms with van der Waals surface area (Å²) in [5, 5.41) is 10.5. The van der Waals surface area contributed by atoms with Crippen molar-refractivity contribution in [2.45, 2.75) is 0 Å². The number of rotatable bonds is 2. The number of anilines is 1. The zero-order chi connectivity index (χ0) is 11.4. The number of nitrogen functional groups attached to an aromatic ring is 1. The first kappa shape index (κ1) is 11.6. The van der Waals surface area contributed by atoms with Gasteiger partial charge in [-0.1, -0.05) is 11.8 Å². The fourth-order valence-corrected chi connectivity index (χ4v) is 4.40. The molecule has 0 saturated carbocycles. The first-order valence-electron chi connectivity index (χ1n) is 4.59. The van der Waals surface area contributed by atoms with Crippen molar-refractivity contribution in [1.29, 1.82) is 0 Å². The minimum absolute atomic E-state index is 0.178. The Bertz CT molecular complexity index is 452. The highest BCUT2D eigenvalue weighted by molar-refractivity contribution is 14.2. The zero-order valence-electron chi connectivity index (χ0n) is 8.67. The molecule has 0 amide bonds. The SMILES string of the molecule is CN1C=CSC(N=Nc2ccc(N)cc2)=I1. The number of halogens is 1. The van der Waals surface area contributed by atoms with Gasteiger partial charge >= 0.3 is 0 Å². The smallest absolute Gasteiger partial charge is 0.172 e. The van der Waals surface area contributed by atoms with Crippen molar-refractivity contribution in [2.75, 3.05) is 12.8 Å². The summed E-state index contributed by atoms with van der Waals surface area (Å²) in [6.45, 7) is 0. The van der Waals surface area contributed by atoms with Crippen LogP contribution in [0, 0.1) is 0 Å². The zero-order valence-corrected chi connectivity index (χ0v) is 11.6. The molecule has 4 nitrogen and oxygen atoms in total. The van der Waals surface area contributed by atoms with Gasteiger partial charge in [0.2, 0.25) is 0 Å². The lowest BCUT2D eigenvalue weighted by molar-refractivity contribution is 0.837. The first-order valence-corrected chi connectivity index (χ1v) is 7.52. The van der Waals surface area contributed by atoms with E-state index < -0.39 is 0 Å². The molecule has 1 heterocycles. The number of hydrogen-bond acceptors (Lipinski definition) is 5. The van der Waals surface area contributed by atoms with E-state index in [-0.39, 0.29) is 21.0 Å². The largest absolute Gasteiger partial charge is 0.399 e. The van der Waals surface area contributed by atoms with Crippen LogP contribution < -0.4 is 5.73 Å². The Balaban J connectivity index is 2.07. The van der Waals surface area contributed by atoms with Crippen LogP contribution in [0.2, 0.25) is 0 Å². The summed E-state index contributed by atoms with van der Waals surface area (Å²) in [6.07, 6.45) is 2.07. The molecule has 0 radical (unpaired) electrons. The quantitative estimate of drug-likeness (QED) is 0.386. The molecule has 1 aliphatic rings. The molecule has 84 valence electrons. The molecule has 0 saturated heterocycles. The van der Waals surface area contributed by atoms with E-state index in [1.54, 1.807) is 11.8 Å². The highest BCUT2D eigenvalue weighted by Gasteiger charge is 2.02. The fourth-order valence-electron chi connectivity index (χ4n) is 1.01. The van der Waals surface area contributed by atoms with Crippen molar-refractivity contribution in [1.82, 2.24) is 3.11 Å². The number of thioether (sulfide) groups is 1. The minimum atomic E-state index is -0.178. The Morgan fingerprint density at radius 1 is 1.25 bits per heavy atom. The molecule has 2 rings (SSSR count). The fraction of sp³-hybridized carbons (Fsp3) is 0.100. The Hall–Kier alpha value is -0.890. The van der Waals surface area contributed by atoms with Crippen LogP contribution in [-0.4, -0.2) is 13.1 Å². The second kappa shape index (κ2) is 5.44. The molecule has 0 aliphatic carbocycles. The lowest BCUT2D eigenvalue weighted by Gasteiger charge is -2.10. The molecule has 0 fully saturated rings. The van der Waals surface area contributed by atoms with E-state index in [4.69, 9.17) is 5.73 Å². The molecular formula is C10H11IN4S. The lowest BCUT2D eigenvalue weighted by atomic mass is 10.3. The van der Waals surface area contributed by atoms with E-state index in [0.29, 0.717) is 0 Å². The minimum Gasteiger partial charge on any atom is -0.399 e. The van der Waals surface area contributed by atoms with Crippen LogP contribution >= 0.6 is 32.8 Å². The maximum atomic E-state index is 5.59. The van der Waals surface area contributed by atoms with Gasteiger partial charge in [0.1, 0.15) is 0 Å². The van der Waals surface area contributed by atoms with E-state index in [9.17, 15) is 0 Å². The number of nitrogens with zero attached hydrogens (tertiary/aromatic N) is 3. The number of azo groups is 1. The summed E-state index contributed by atoms with van der Waals surface area (Å²) in [6, 6.07) is 7.39. The van der Waals surface area contributed by atoms with E-state index >= 15 is 0 Å². The predicted molar refractivity (Wildman–Crippen MR) is 78.9 cm³/mol. The van der Waals surface area contributed by atoms with Gasteiger partial charge in [-0.15, -0.1) is 10.2 Å². The average molecular weight is 346 g/mol. The van der Waals surface area contributed by atoms with E-state index in [2.05, 4.69) is 26.6 Å². The molecule has 1 aromatic carbocycles. The molecule has 0 unspecified atom stereocenters. The Labute approximate surface area is 109 Å². The van der Waals surface area contributed by atoms with E-state index in [1.807, 2.05) is 29.7 Å². The normalized spacial score (nSPS) is 16.1. The van der Waals surface area contributed by atoms with Crippen LogP contribution in [-0.2, 0) is 0 Å². The van der Waals surface area contributed by atoms with Gasteiger partial charge in [-0.3, -0.25) is 0 Å². The summed E-state index contributed by atoms with van der Waals surface area (Å²) < 4.78 is 3.27. The maximum absolute atomic E-state index is 5.59. The van der Waals surface area contributed by atoms with Crippen molar-refractivity contribution in [3.63, 3.8) is 0 Å². The van der Waals surface area contributed by atoms with Crippen LogP contribution in [0.5, 0.6) is 0 Å². The summed E-state index contributed by atoms with van der Waals surface area (Å²) >= 11 is 1.47. The van der Waals surface area contributed by atoms with Crippen LogP contribution in [0.4, 0.5) is 11.4 Å². The summed E-state index contributed by atoms with van der Waals surface area (Å²) in [7, 11) is 2.06. The van der Waals surface area contributed by atoms with Crippen LogP contribution in [0.3, 0.4) is 0 Å². The van der Waals surface area contributed by atoms with Gasteiger partial charge in [0.05, 0.1) is 5.69 Å². The van der Waals surface area contributed by atoms with E-state index in [1.165, 1.54) is 0 Å². The predicted octanol–water partition coefficient (Wildman–Crippen LogP) is 3.48. The second-order valence-electron chi connectivity index (χ2n) is 3.06. The van der Waals surface area contributed by atoms with Gasteiger partial charge in [0.15, 0.2) is 2.96 Å². The number of benzene rings is 1. The van der Waals surface area contributed by atoms with Gasteiger partial charge in [-0.2, -0.15) is 0 Å². The molecule has 0 spiro atoms. The van der Waals surface area contributed by atoms with Crippen LogP contribution in [0.25, 0.3) is 0 Å². The number of nitrogens with two attached hydrogens (primary N) is 1. The molecule has 2 N–H and O–H groups in total. The molecule has 1 aromatic rings. The topological polar surface area (TPSA) is 54.0 Å². The third kappa shape index (κ3) is 3.31. The third-order valence-electron chi connectivity index (χ3n) is 1.77. The summed E-state index contributed by atoms with van der Waals surface area (Å²) in [5.41, 5.74) is 7.17. The molecule has 16 heavy (non-hydrogen) atoms. The summed E-state index contributed by atoms with van der Waals surface area (Å²) in [4.78, 5) is 0. The Morgan fingerprint density at radius 2 is 2.00 bits per heavy atom. The van der Waals surface area contributed by atoms with E-state index in [0.717, 1.165) is 14.3 Å². The molecular weight excluding hydrogens is 335 g/mol. The monoisotopic (exact) mass is 346 g/mol. The average Bonchev–Trinajstić information content (AvgIpc) is 2.28. The van der Waals surface area contributed by atoms with Crippen molar-refractivity contribution >= 4 is 47.1 Å². The van der Waals surface area contributed by atoms with Crippen molar-refractivity contribution < 1.29 is 0 Å². The van der Waals surface area contributed by atoms with Gasteiger partial charge in [-0.25, -0.2) is 0 Å². The van der Waals surface area contributed by atoms with Crippen molar-refractivity contribution in [3.8, 4) is 0 Å². The first-order chi connectivity index (χ1) is 7.74. The standard InChI is InChI=1S/C10H11IN4S/c1-15-6-7-16-10(11-15)14-13-9-4-2-8(12)3-5-9/h2-7H,12H2,1H3. The van der Waals surface area contributed by atoms with Crippen LogP contribution in [0.1, 0.15) is 0 Å². The highest BCUT2D eigenvalue weighted by atomic mass is 127. The lowest BCUT2D eigenvalue weighted by Crippen LogP contribution is -1.98. The van der Waals surface area contributed by atoms with Gasteiger partial charge in [0, 0.05) is 39.9 Å². The second-order valence-corrected chi connectivity index (χ2v) is 7.71. The highest BCUT2D eigenvalue weighted by Crippen LogP contribution is 2.25. The van der Waals surface area contributed by atoms with Gasteiger partial charge < -0.3 is 8.85 Å². The van der Waals surface area contributed by atoms with Crippen molar-refractivity contribution in [2.24, 2.45) is 10.2 Å². The molecule has 1 aliphatic heterocycles. The molecule has 0 bridgehead atoms. The molecule has 0 atom stereocenters. The Kier molecular flexibility index (Phi) is 3.94. The maximum Gasteiger partial charge on any atom is 0.172 e. The number of hydrogen-bond donors (Lipinski definition) is 1. The molecule has 6 heteroatoms. The van der Waals surface area contributed by atoms with Crippen LogP contribution in [0.15, 0.2) is 46.1 Å². The third-order valence-corrected chi connectivity index (χ3v) is 5.25.